The van der Waals surface area contributed by atoms with Crippen LogP contribution in [0.1, 0.15) is 45.1 Å². The highest BCUT2D eigenvalue weighted by Gasteiger charge is 2.19. The smallest absolute Gasteiger partial charge is 0.124 e. The minimum absolute atomic E-state index is 0.395. The van der Waals surface area contributed by atoms with Crippen LogP contribution >= 0.6 is 0 Å². The van der Waals surface area contributed by atoms with Gasteiger partial charge in [0.1, 0.15) is 5.75 Å². The summed E-state index contributed by atoms with van der Waals surface area (Å²) in [5, 5.41) is 0. The van der Waals surface area contributed by atoms with Gasteiger partial charge in [0.15, 0.2) is 0 Å². The fourth-order valence-electron chi connectivity index (χ4n) is 2.61. The van der Waals surface area contributed by atoms with Crippen molar-refractivity contribution in [3.63, 3.8) is 0 Å². The number of hydrogen-bond donors (Lipinski definition) is 1. The second kappa shape index (κ2) is 6.80. The molecule has 1 aliphatic carbocycles. The molecule has 0 aliphatic heterocycles. The van der Waals surface area contributed by atoms with Crippen molar-refractivity contribution in [2.75, 3.05) is 12.3 Å². The number of hydrogen-bond acceptors (Lipinski definition) is 3. The topological polar surface area (TPSA) is 44.5 Å². The lowest BCUT2D eigenvalue weighted by molar-refractivity contribution is 0.00790. The van der Waals surface area contributed by atoms with E-state index in [1.165, 1.54) is 25.7 Å². The second-order valence-electron chi connectivity index (χ2n) is 5.49. The maximum absolute atomic E-state index is 6.02. The number of anilines is 1. The van der Waals surface area contributed by atoms with Gasteiger partial charge < -0.3 is 15.2 Å². The minimum atomic E-state index is 0.395. The highest BCUT2D eigenvalue weighted by atomic mass is 16.5. The molecule has 0 bridgehead atoms. The Bertz CT molecular complexity index is 398. The summed E-state index contributed by atoms with van der Waals surface area (Å²) < 4.78 is 11.6. The van der Waals surface area contributed by atoms with Gasteiger partial charge in [0.25, 0.3) is 0 Å². The fraction of sp³-hybridized carbons (Fsp3) is 0.625. The molecule has 3 heteroatoms. The average Bonchev–Trinajstić information content (AvgIpc) is 2.41. The van der Waals surface area contributed by atoms with E-state index in [1.54, 1.807) is 0 Å². The summed E-state index contributed by atoms with van der Waals surface area (Å²) in [7, 11) is 0. The van der Waals surface area contributed by atoms with Crippen molar-refractivity contribution >= 4 is 5.69 Å². The molecule has 1 aromatic carbocycles. The largest absolute Gasteiger partial charge is 0.494 e. The molecule has 0 saturated heterocycles. The van der Waals surface area contributed by atoms with E-state index in [1.807, 2.05) is 25.1 Å². The average molecular weight is 263 g/mol. The van der Waals surface area contributed by atoms with E-state index in [9.17, 15) is 0 Å². The van der Waals surface area contributed by atoms with E-state index in [2.05, 4.69) is 6.92 Å². The monoisotopic (exact) mass is 263 g/mol. The van der Waals surface area contributed by atoms with Gasteiger partial charge in [0.2, 0.25) is 0 Å². The van der Waals surface area contributed by atoms with Gasteiger partial charge in [-0.25, -0.2) is 0 Å². The molecule has 106 valence electrons. The summed E-state index contributed by atoms with van der Waals surface area (Å²) in [5.41, 5.74) is 7.66. The quantitative estimate of drug-likeness (QED) is 0.823. The molecular formula is C16H25NO2. The Labute approximate surface area is 116 Å². The highest BCUT2D eigenvalue weighted by Crippen LogP contribution is 2.28. The molecule has 19 heavy (non-hydrogen) atoms. The van der Waals surface area contributed by atoms with E-state index in [-0.39, 0.29) is 0 Å². The van der Waals surface area contributed by atoms with Gasteiger partial charge in [-0.05, 0) is 56.7 Å². The normalized spacial score (nSPS) is 23.3. The number of ether oxygens (including phenoxy) is 2. The molecule has 0 heterocycles. The van der Waals surface area contributed by atoms with Crippen molar-refractivity contribution in [3.05, 3.63) is 23.8 Å². The lowest BCUT2D eigenvalue weighted by Crippen LogP contribution is -2.20. The molecule has 0 atom stereocenters. The number of nitrogen functional groups attached to an aromatic ring is 1. The first-order valence-electron chi connectivity index (χ1n) is 7.31. The van der Waals surface area contributed by atoms with Gasteiger partial charge in [-0.3, -0.25) is 0 Å². The van der Waals surface area contributed by atoms with Crippen LogP contribution in [0.15, 0.2) is 18.2 Å². The van der Waals surface area contributed by atoms with Crippen molar-refractivity contribution in [2.45, 2.75) is 52.2 Å². The first-order valence-corrected chi connectivity index (χ1v) is 7.31. The SMILES string of the molecule is CCOc1ccc(N)cc1COC1CCC(C)CC1. The summed E-state index contributed by atoms with van der Waals surface area (Å²) in [6.45, 7) is 5.57. The predicted molar refractivity (Wildman–Crippen MR) is 78.2 cm³/mol. The molecule has 0 spiro atoms. The van der Waals surface area contributed by atoms with Crippen LogP contribution < -0.4 is 10.5 Å². The van der Waals surface area contributed by atoms with Crippen LogP contribution in [0, 0.1) is 5.92 Å². The molecular weight excluding hydrogens is 238 g/mol. The van der Waals surface area contributed by atoms with Crippen molar-refractivity contribution in [2.24, 2.45) is 5.92 Å². The molecule has 1 aromatic rings. The Balaban J connectivity index is 1.92. The Hall–Kier alpha value is -1.22. The zero-order chi connectivity index (χ0) is 13.7. The van der Waals surface area contributed by atoms with Crippen LogP contribution in [0.3, 0.4) is 0 Å². The number of benzene rings is 1. The maximum Gasteiger partial charge on any atom is 0.124 e. The maximum atomic E-state index is 6.02. The fourth-order valence-corrected chi connectivity index (χ4v) is 2.61. The summed E-state index contributed by atoms with van der Waals surface area (Å²) in [4.78, 5) is 0. The Morgan fingerprint density at radius 3 is 2.63 bits per heavy atom. The highest BCUT2D eigenvalue weighted by molar-refractivity contribution is 5.47. The van der Waals surface area contributed by atoms with Crippen LogP contribution in [0.25, 0.3) is 0 Å². The van der Waals surface area contributed by atoms with E-state index >= 15 is 0 Å². The van der Waals surface area contributed by atoms with Gasteiger partial charge in [-0.15, -0.1) is 0 Å². The molecule has 1 fully saturated rings. The van der Waals surface area contributed by atoms with Gasteiger partial charge >= 0.3 is 0 Å². The van der Waals surface area contributed by atoms with Gasteiger partial charge in [-0.2, -0.15) is 0 Å². The summed E-state index contributed by atoms with van der Waals surface area (Å²) in [6, 6.07) is 5.76. The molecule has 1 saturated carbocycles. The lowest BCUT2D eigenvalue weighted by Gasteiger charge is -2.26. The number of nitrogens with two attached hydrogens (primary N) is 1. The molecule has 3 nitrogen and oxygen atoms in total. The third-order valence-electron chi connectivity index (χ3n) is 3.82. The Kier molecular flexibility index (Phi) is 5.08. The van der Waals surface area contributed by atoms with Gasteiger partial charge in [0, 0.05) is 11.3 Å². The van der Waals surface area contributed by atoms with Crippen molar-refractivity contribution in [3.8, 4) is 5.75 Å². The molecule has 2 N–H and O–H groups in total. The Morgan fingerprint density at radius 1 is 1.21 bits per heavy atom. The van der Waals surface area contributed by atoms with Crippen LogP contribution in [0.5, 0.6) is 5.75 Å². The predicted octanol–water partition coefficient (Wildman–Crippen LogP) is 3.76. The summed E-state index contributed by atoms with van der Waals surface area (Å²) in [6.07, 6.45) is 5.30. The molecule has 0 unspecified atom stereocenters. The van der Waals surface area contributed by atoms with Crippen LogP contribution in [-0.4, -0.2) is 12.7 Å². The molecule has 0 amide bonds. The van der Waals surface area contributed by atoms with Crippen LogP contribution in [-0.2, 0) is 11.3 Å². The van der Waals surface area contributed by atoms with Crippen molar-refractivity contribution in [1.29, 1.82) is 0 Å². The first kappa shape index (κ1) is 14.2. The summed E-state index contributed by atoms with van der Waals surface area (Å²) in [5.74, 6) is 1.74. The Morgan fingerprint density at radius 2 is 1.95 bits per heavy atom. The van der Waals surface area contributed by atoms with Gasteiger partial charge in [0.05, 0.1) is 19.3 Å². The lowest BCUT2D eigenvalue weighted by atomic mass is 9.89. The molecule has 0 aromatic heterocycles. The van der Waals surface area contributed by atoms with Gasteiger partial charge in [-0.1, -0.05) is 6.92 Å². The molecule has 1 aliphatic rings. The van der Waals surface area contributed by atoms with E-state index in [0.717, 1.165) is 22.9 Å². The second-order valence-corrected chi connectivity index (χ2v) is 5.49. The zero-order valence-electron chi connectivity index (χ0n) is 12.0. The van der Waals surface area contributed by atoms with E-state index < -0.39 is 0 Å². The van der Waals surface area contributed by atoms with Crippen LogP contribution in [0.4, 0.5) is 5.69 Å². The standard InChI is InChI=1S/C16H25NO2/c1-3-18-16-9-6-14(17)10-13(16)11-19-15-7-4-12(2)5-8-15/h6,9-10,12,15H,3-5,7-8,11,17H2,1-2H3. The third kappa shape index (κ3) is 4.13. The number of rotatable bonds is 5. The summed E-state index contributed by atoms with van der Waals surface area (Å²) >= 11 is 0. The first-order chi connectivity index (χ1) is 9.19. The molecule has 0 radical (unpaired) electrons. The van der Waals surface area contributed by atoms with E-state index in [4.69, 9.17) is 15.2 Å². The zero-order valence-corrected chi connectivity index (χ0v) is 12.0. The third-order valence-corrected chi connectivity index (χ3v) is 3.82. The minimum Gasteiger partial charge on any atom is -0.494 e. The van der Waals surface area contributed by atoms with Crippen LogP contribution in [0.2, 0.25) is 0 Å². The van der Waals surface area contributed by atoms with Crippen molar-refractivity contribution < 1.29 is 9.47 Å². The van der Waals surface area contributed by atoms with Crippen molar-refractivity contribution in [1.82, 2.24) is 0 Å². The molecule has 2 rings (SSSR count). The van der Waals surface area contributed by atoms with E-state index in [0.29, 0.717) is 19.3 Å².